The molecule has 0 aliphatic carbocycles. The average molecular weight is 445 g/mol. The number of aromatic nitrogens is 1. The summed E-state index contributed by atoms with van der Waals surface area (Å²) in [5.41, 5.74) is 5.91. The SMILES string of the molecule is O=C(Nc1ccc2[nH]ccc2c1)c1c(-c2ccccc2)sc2cc(-c3ccccc3)ccc12. The van der Waals surface area contributed by atoms with Crippen molar-refractivity contribution in [2.45, 2.75) is 0 Å². The lowest BCUT2D eigenvalue weighted by atomic mass is 10.0. The molecule has 0 spiro atoms. The molecule has 33 heavy (non-hydrogen) atoms. The van der Waals surface area contributed by atoms with Crippen molar-refractivity contribution < 1.29 is 4.79 Å². The number of carbonyl (C=O) groups excluding carboxylic acids is 1. The first kappa shape index (κ1) is 19.5. The van der Waals surface area contributed by atoms with E-state index in [1.165, 1.54) is 5.56 Å². The van der Waals surface area contributed by atoms with Gasteiger partial charge < -0.3 is 10.3 Å². The van der Waals surface area contributed by atoms with Crippen LogP contribution in [0.2, 0.25) is 0 Å². The van der Waals surface area contributed by atoms with Gasteiger partial charge in [0.05, 0.1) is 5.56 Å². The van der Waals surface area contributed by atoms with Crippen molar-refractivity contribution in [3.8, 4) is 21.6 Å². The maximum absolute atomic E-state index is 13.6. The number of rotatable bonds is 4. The summed E-state index contributed by atoms with van der Waals surface area (Å²) in [7, 11) is 0. The lowest BCUT2D eigenvalue weighted by Gasteiger charge is -2.08. The summed E-state index contributed by atoms with van der Waals surface area (Å²) in [4.78, 5) is 17.8. The van der Waals surface area contributed by atoms with Crippen LogP contribution in [0, 0.1) is 0 Å². The van der Waals surface area contributed by atoms with Gasteiger partial charge in [0.15, 0.2) is 0 Å². The summed E-state index contributed by atoms with van der Waals surface area (Å²) in [5, 5.41) is 5.17. The maximum atomic E-state index is 13.6. The molecule has 0 saturated heterocycles. The highest BCUT2D eigenvalue weighted by Gasteiger charge is 2.21. The predicted octanol–water partition coefficient (Wildman–Crippen LogP) is 7.97. The maximum Gasteiger partial charge on any atom is 0.257 e. The summed E-state index contributed by atoms with van der Waals surface area (Å²) in [6.07, 6.45) is 1.90. The van der Waals surface area contributed by atoms with Crippen LogP contribution in [0.1, 0.15) is 10.4 Å². The molecule has 0 radical (unpaired) electrons. The molecule has 3 nitrogen and oxygen atoms in total. The summed E-state index contributed by atoms with van der Waals surface area (Å²) in [5.74, 6) is -0.0950. The number of nitrogens with one attached hydrogen (secondary N) is 2. The Labute approximate surface area is 195 Å². The van der Waals surface area contributed by atoms with Gasteiger partial charge >= 0.3 is 0 Å². The molecule has 4 heteroatoms. The Morgan fingerprint density at radius 1 is 0.727 bits per heavy atom. The van der Waals surface area contributed by atoms with E-state index in [1.54, 1.807) is 11.3 Å². The van der Waals surface area contributed by atoms with Gasteiger partial charge in [-0.1, -0.05) is 72.8 Å². The van der Waals surface area contributed by atoms with Crippen molar-refractivity contribution in [2.24, 2.45) is 0 Å². The highest BCUT2D eigenvalue weighted by Crippen LogP contribution is 2.40. The normalized spacial score (nSPS) is 11.2. The third-order valence-corrected chi connectivity index (χ3v) is 7.07. The van der Waals surface area contributed by atoms with Crippen molar-refractivity contribution >= 4 is 43.9 Å². The number of hydrogen-bond donors (Lipinski definition) is 2. The van der Waals surface area contributed by atoms with E-state index in [-0.39, 0.29) is 5.91 Å². The van der Waals surface area contributed by atoms with Gasteiger partial charge in [0.2, 0.25) is 0 Å². The second-order valence-corrected chi connectivity index (χ2v) is 9.04. The van der Waals surface area contributed by atoms with Crippen molar-refractivity contribution in [2.75, 3.05) is 5.32 Å². The lowest BCUT2D eigenvalue weighted by molar-refractivity contribution is 0.102. The zero-order valence-corrected chi connectivity index (χ0v) is 18.5. The largest absolute Gasteiger partial charge is 0.361 e. The molecule has 1 amide bonds. The number of H-pyrrole nitrogens is 1. The van der Waals surface area contributed by atoms with Crippen molar-refractivity contribution in [3.63, 3.8) is 0 Å². The number of fused-ring (bicyclic) bond motifs is 2. The molecular formula is C29H20N2OS. The van der Waals surface area contributed by atoms with Gasteiger partial charge in [-0.25, -0.2) is 0 Å². The van der Waals surface area contributed by atoms with Crippen molar-refractivity contribution in [3.05, 3.63) is 115 Å². The molecule has 2 heterocycles. The van der Waals surface area contributed by atoms with Crippen LogP contribution < -0.4 is 5.32 Å². The van der Waals surface area contributed by atoms with Crippen LogP contribution in [0.25, 0.3) is 42.6 Å². The summed E-state index contributed by atoms with van der Waals surface area (Å²) >= 11 is 1.66. The van der Waals surface area contributed by atoms with Gasteiger partial charge in [-0.2, -0.15) is 0 Å². The molecule has 0 bridgehead atoms. The van der Waals surface area contributed by atoms with E-state index in [0.29, 0.717) is 0 Å². The quantitative estimate of drug-likeness (QED) is 0.284. The number of aromatic amines is 1. The third kappa shape index (κ3) is 3.60. The molecule has 0 atom stereocenters. The van der Waals surface area contributed by atoms with E-state index in [4.69, 9.17) is 0 Å². The number of hydrogen-bond acceptors (Lipinski definition) is 2. The smallest absolute Gasteiger partial charge is 0.257 e. The first-order chi connectivity index (χ1) is 16.3. The second-order valence-electron chi connectivity index (χ2n) is 7.98. The molecule has 0 fully saturated rings. The molecule has 0 aliphatic heterocycles. The van der Waals surface area contributed by atoms with E-state index in [9.17, 15) is 4.79 Å². The minimum atomic E-state index is -0.0950. The van der Waals surface area contributed by atoms with Crippen LogP contribution in [0.3, 0.4) is 0 Å². The van der Waals surface area contributed by atoms with Crippen LogP contribution in [-0.4, -0.2) is 10.9 Å². The number of thiophene rings is 1. The first-order valence-corrected chi connectivity index (χ1v) is 11.6. The van der Waals surface area contributed by atoms with Crippen LogP contribution in [-0.2, 0) is 0 Å². The summed E-state index contributed by atoms with van der Waals surface area (Å²) < 4.78 is 1.10. The van der Waals surface area contributed by atoms with E-state index >= 15 is 0 Å². The molecule has 158 valence electrons. The van der Waals surface area contributed by atoms with Crippen LogP contribution in [0.4, 0.5) is 5.69 Å². The Hall–Kier alpha value is -4.15. The van der Waals surface area contributed by atoms with E-state index in [0.717, 1.165) is 48.2 Å². The zero-order chi connectivity index (χ0) is 22.2. The zero-order valence-electron chi connectivity index (χ0n) is 17.7. The highest BCUT2D eigenvalue weighted by atomic mass is 32.1. The van der Waals surface area contributed by atoms with E-state index < -0.39 is 0 Å². The Bertz CT molecular complexity index is 1600. The standard InChI is InChI=1S/C29H20N2OS/c32-29(31-23-12-14-25-22(17-23)15-16-30-25)27-24-13-11-21(19-7-3-1-4-8-19)18-26(24)33-28(27)20-9-5-2-6-10-20/h1-18,30H,(H,31,32). The molecule has 2 aromatic heterocycles. The molecule has 6 aromatic rings. The second kappa shape index (κ2) is 8.08. The van der Waals surface area contributed by atoms with Crippen LogP contribution >= 0.6 is 11.3 Å². The van der Waals surface area contributed by atoms with Gasteiger partial charge in [-0.3, -0.25) is 4.79 Å². The molecule has 4 aromatic carbocycles. The van der Waals surface area contributed by atoms with E-state index in [2.05, 4.69) is 52.8 Å². The molecule has 0 saturated carbocycles. The van der Waals surface area contributed by atoms with Gasteiger partial charge in [-0.15, -0.1) is 11.3 Å². The molecule has 0 unspecified atom stereocenters. The lowest BCUT2D eigenvalue weighted by Crippen LogP contribution is -2.12. The van der Waals surface area contributed by atoms with Crippen molar-refractivity contribution in [1.29, 1.82) is 0 Å². The highest BCUT2D eigenvalue weighted by molar-refractivity contribution is 7.22. The van der Waals surface area contributed by atoms with Crippen LogP contribution in [0.15, 0.2) is 109 Å². The molecule has 2 N–H and O–H groups in total. The Kier molecular flexibility index (Phi) is 4.78. The monoisotopic (exact) mass is 444 g/mol. The van der Waals surface area contributed by atoms with Gasteiger partial charge in [0, 0.05) is 37.8 Å². The van der Waals surface area contributed by atoms with Crippen molar-refractivity contribution in [1.82, 2.24) is 4.98 Å². The van der Waals surface area contributed by atoms with E-state index in [1.807, 2.05) is 66.9 Å². The first-order valence-electron chi connectivity index (χ1n) is 10.8. The minimum Gasteiger partial charge on any atom is -0.361 e. The molecule has 6 rings (SSSR count). The minimum absolute atomic E-state index is 0.0950. The number of carbonyl (C=O) groups is 1. The Morgan fingerprint density at radius 2 is 1.48 bits per heavy atom. The predicted molar refractivity (Wildman–Crippen MR) is 139 cm³/mol. The summed E-state index contributed by atoms with van der Waals surface area (Å²) in [6, 6.07) is 34.7. The Morgan fingerprint density at radius 3 is 2.27 bits per heavy atom. The number of amides is 1. The fraction of sp³-hybridized carbons (Fsp3) is 0. The topological polar surface area (TPSA) is 44.9 Å². The van der Waals surface area contributed by atoms with Gasteiger partial charge in [0.1, 0.15) is 0 Å². The number of anilines is 1. The number of benzene rings is 4. The third-order valence-electron chi connectivity index (χ3n) is 5.87. The fourth-order valence-electron chi connectivity index (χ4n) is 4.25. The Balaban J connectivity index is 1.47. The summed E-state index contributed by atoms with van der Waals surface area (Å²) in [6.45, 7) is 0. The van der Waals surface area contributed by atoms with Gasteiger partial charge in [0.25, 0.3) is 5.91 Å². The fourth-order valence-corrected chi connectivity index (χ4v) is 5.49. The van der Waals surface area contributed by atoms with Crippen LogP contribution in [0.5, 0.6) is 0 Å². The molecule has 0 aliphatic rings. The molecular weight excluding hydrogens is 424 g/mol. The average Bonchev–Trinajstić information content (AvgIpc) is 3.49. The van der Waals surface area contributed by atoms with Gasteiger partial charge in [-0.05, 0) is 47.0 Å².